The molecule has 1 atom stereocenters. The Bertz CT molecular complexity index is 659. The standard InChI is InChI=1S/C17H20O4S/c1-11(2)9-21-16(18)8-12(17(19)20)7-13-10-22-15-6-4-3-5-14(13)15/h3-6,10-12H,7-9H2,1-2H3,(H,19,20). The van der Waals surface area contributed by atoms with Crippen LogP contribution in [0.15, 0.2) is 29.6 Å². The Morgan fingerprint density at radius 2 is 2.00 bits per heavy atom. The number of aliphatic carboxylic acids is 1. The second-order valence-corrected chi connectivity index (χ2v) is 6.69. The zero-order chi connectivity index (χ0) is 16.1. The molecule has 118 valence electrons. The summed E-state index contributed by atoms with van der Waals surface area (Å²) in [6, 6.07) is 7.89. The van der Waals surface area contributed by atoms with Crippen LogP contribution in [0, 0.1) is 11.8 Å². The van der Waals surface area contributed by atoms with E-state index in [2.05, 4.69) is 0 Å². The van der Waals surface area contributed by atoms with Crippen LogP contribution in [-0.2, 0) is 20.7 Å². The van der Waals surface area contributed by atoms with Crippen molar-refractivity contribution in [1.82, 2.24) is 0 Å². The number of carboxylic acids is 1. The molecular weight excluding hydrogens is 300 g/mol. The number of carbonyl (C=O) groups is 2. The number of benzene rings is 1. The molecule has 5 heteroatoms. The van der Waals surface area contributed by atoms with Gasteiger partial charge in [-0.1, -0.05) is 32.0 Å². The smallest absolute Gasteiger partial charge is 0.307 e. The van der Waals surface area contributed by atoms with Gasteiger partial charge in [-0.05, 0) is 34.7 Å². The molecule has 1 heterocycles. The van der Waals surface area contributed by atoms with Crippen LogP contribution < -0.4 is 0 Å². The van der Waals surface area contributed by atoms with Crippen LogP contribution in [0.2, 0.25) is 0 Å². The average molecular weight is 320 g/mol. The van der Waals surface area contributed by atoms with E-state index < -0.39 is 17.9 Å². The number of hydrogen-bond donors (Lipinski definition) is 1. The lowest BCUT2D eigenvalue weighted by molar-refractivity contribution is -0.152. The van der Waals surface area contributed by atoms with E-state index in [-0.39, 0.29) is 12.3 Å². The van der Waals surface area contributed by atoms with Gasteiger partial charge in [-0.2, -0.15) is 0 Å². The lowest BCUT2D eigenvalue weighted by Gasteiger charge is -2.12. The molecule has 0 saturated heterocycles. The number of thiophene rings is 1. The summed E-state index contributed by atoms with van der Waals surface area (Å²) in [6.45, 7) is 4.21. The van der Waals surface area contributed by atoms with Crippen LogP contribution in [0.5, 0.6) is 0 Å². The summed E-state index contributed by atoms with van der Waals surface area (Å²) >= 11 is 1.59. The Kier molecular flexibility index (Phi) is 5.55. The van der Waals surface area contributed by atoms with Gasteiger partial charge in [0.15, 0.2) is 0 Å². The minimum Gasteiger partial charge on any atom is -0.481 e. The number of carboxylic acid groups (broad SMARTS) is 1. The van der Waals surface area contributed by atoms with Gasteiger partial charge in [0, 0.05) is 4.70 Å². The van der Waals surface area contributed by atoms with E-state index in [1.807, 2.05) is 43.5 Å². The highest BCUT2D eigenvalue weighted by Crippen LogP contribution is 2.28. The molecule has 1 unspecified atom stereocenters. The minimum atomic E-state index is -0.961. The summed E-state index contributed by atoms with van der Waals surface area (Å²) < 4.78 is 6.22. The lowest BCUT2D eigenvalue weighted by atomic mass is 9.96. The molecule has 0 amide bonds. The first kappa shape index (κ1) is 16.5. The van der Waals surface area contributed by atoms with Crippen LogP contribution in [0.4, 0.5) is 0 Å². The molecular formula is C17H20O4S. The molecule has 0 aliphatic rings. The molecule has 0 radical (unpaired) electrons. The summed E-state index contributed by atoms with van der Waals surface area (Å²) in [6.07, 6.45) is 0.252. The second-order valence-electron chi connectivity index (χ2n) is 5.78. The zero-order valence-corrected chi connectivity index (χ0v) is 13.6. The van der Waals surface area contributed by atoms with E-state index in [0.717, 1.165) is 15.6 Å². The molecule has 0 fully saturated rings. The van der Waals surface area contributed by atoms with E-state index in [9.17, 15) is 14.7 Å². The third kappa shape index (κ3) is 4.31. The Hall–Kier alpha value is -1.88. The van der Waals surface area contributed by atoms with Crippen molar-refractivity contribution in [3.63, 3.8) is 0 Å². The van der Waals surface area contributed by atoms with Crippen molar-refractivity contribution in [2.75, 3.05) is 6.61 Å². The summed E-state index contributed by atoms with van der Waals surface area (Å²) in [5.74, 6) is -1.91. The van der Waals surface area contributed by atoms with Gasteiger partial charge in [0.05, 0.1) is 18.9 Å². The Balaban J connectivity index is 2.06. The first-order chi connectivity index (χ1) is 10.5. The molecule has 22 heavy (non-hydrogen) atoms. The van der Waals surface area contributed by atoms with E-state index >= 15 is 0 Å². The Labute approximate surface area is 133 Å². The van der Waals surface area contributed by atoms with E-state index in [0.29, 0.717) is 13.0 Å². The topological polar surface area (TPSA) is 63.6 Å². The van der Waals surface area contributed by atoms with E-state index in [1.165, 1.54) is 0 Å². The third-order valence-electron chi connectivity index (χ3n) is 3.37. The van der Waals surface area contributed by atoms with Gasteiger partial charge in [0.2, 0.25) is 0 Å². The zero-order valence-electron chi connectivity index (χ0n) is 12.7. The van der Waals surface area contributed by atoms with Crippen LogP contribution in [0.25, 0.3) is 10.1 Å². The fraction of sp³-hybridized carbons (Fsp3) is 0.412. The summed E-state index contributed by atoms with van der Waals surface area (Å²) in [5, 5.41) is 12.4. The largest absolute Gasteiger partial charge is 0.481 e. The fourth-order valence-corrected chi connectivity index (χ4v) is 3.20. The quantitative estimate of drug-likeness (QED) is 0.790. The predicted molar refractivity (Wildman–Crippen MR) is 87.1 cm³/mol. The van der Waals surface area contributed by atoms with Gasteiger partial charge < -0.3 is 9.84 Å². The number of esters is 1. The fourth-order valence-electron chi connectivity index (χ4n) is 2.22. The molecule has 4 nitrogen and oxygen atoms in total. The Morgan fingerprint density at radius 3 is 2.68 bits per heavy atom. The van der Waals surface area contributed by atoms with Crippen molar-refractivity contribution < 1.29 is 19.4 Å². The second kappa shape index (κ2) is 7.40. The molecule has 0 aliphatic heterocycles. The highest BCUT2D eigenvalue weighted by atomic mass is 32.1. The maximum atomic E-state index is 11.8. The molecule has 2 rings (SSSR count). The van der Waals surface area contributed by atoms with Gasteiger partial charge in [0.25, 0.3) is 0 Å². The minimum absolute atomic E-state index is 0.0910. The third-order valence-corrected chi connectivity index (χ3v) is 4.38. The van der Waals surface area contributed by atoms with Gasteiger partial charge in [-0.25, -0.2) is 0 Å². The lowest BCUT2D eigenvalue weighted by Crippen LogP contribution is -2.22. The normalized spacial score (nSPS) is 12.5. The van der Waals surface area contributed by atoms with Crippen LogP contribution in [0.1, 0.15) is 25.8 Å². The van der Waals surface area contributed by atoms with Crippen molar-refractivity contribution in [3.8, 4) is 0 Å². The molecule has 1 N–H and O–H groups in total. The van der Waals surface area contributed by atoms with Gasteiger partial charge in [0.1, 0.15) is 0 Å². The monoisotopic (exact) mass is 320 g/mol. The van der Waals surface area contributed by atoms with Crippen LogP contribution >= 0.6 is 11.3 Å². The van der Waals surface area contributed by atoms with Crippen LogP contribution in [-0.4, -0.2) is 23.7 Å². The number of rotatable bonds is 7. The molecule has 0 aliphatic carbocycles. The molecule has 0 spiro atoms. The molecule has 1 aromatic heterocycles. The van der Waals surface area contributed by atoms with Crippen molar-refractivity contribution in [3.05, 3.63) is 35.2 Å². The summed E-state index contributed by atoms with van der Waals surface area (Å²) in [5.41, 5.74) is 0.977. The number of carbonyl (C=O) groups excluding carboxylic acids is 1. The molecule has 1 aromatic carbocycles. The average Bonchev–Trinajstić information content (AvgIpc) is 2.87. The highest BCUT2D eigenvalue weighted by Gasteiger charge is 2.24. The molecule has 2 aromatic rings. The molecule has 0 saturated carbocycles. The van der Waals surface area contributed by atoms with Gasteiger partial charge in [-0.3, -0.25) is 9.59 Å². The van der Waals surface area contributed by atoms with Crippen molar-refractivity contribution in [2.24, 2.45) is 11.8 Å². The first-order valence-electron chi connectivity index (χ1n) is 7.31. The van der Waals surface area contributed by atoms with Crippen LogP contribution in [0.3, 0.4) is 0 Å². The van der Waals surface area contributed by atoms with Crippen molar-refractivity contribution >= 4 is 33.4 Å². The molecule has 0 bridgehead atoms. The van der Waals surface area contributed by atoms with E-state index in [4.69, 9.17) is 4.74 Å². The SMILES string of the molecule is CC(C)COC(=O)CC(Cc1csc2ccccc12)C(=O)O. The first-order valence-corrected chi connectivity index (χ1v) is 8.19. The Morgan fingerprint density at radius 1 is 1.27 bits per heavy atom. The van der Waals surface area contributed by atoms with Crippen molar-refractivity contribution in [2.45, 2.75) is 26.7 Å². The van der Waals surface area contributed by atoms with Gasteiger partial charge >= 0.3 is 11.9 Å². The van der Waals surface area contributed by atoms with Gasteiger partial charge in [-0.15, -0.1) is 11.3 Å². The maximum Gasteiger partial charge on any atom is 0.307 e. The maximum absolute atomic E-state index is 11.8. The summed E-state index contributed by atoms with van der Waals surface area (Å²) in [4.78, 5) is 23.2. The van der Waals surface area contributed by atoms with Crippen molar-refractivity contribution in [1.29, 1.82) is 0 Å². The predicted octanol–water partition coefficient (Wildman–Crippen LogP) is 3.73. The number of fused-ring (bicyclic) bond motifs is 1. The van der Waals surface area contributed by atoms with E-state index in [1.54, 1.807) is 11.3 Å². The number of ether oxygens (including phenoxy) is 1. The number of hydrogen-bond acceptors (Lipinski definition) is 4. The highest BCUT2D eigenvalue weighted by molar-refractivity contribution is 7.17. The summed E-state index contributed by atoms with van der Waals surface area (Å²) in [7, 11) is 0.